The molecule has 0 saturated carbocycles. The molecule has 2 heterocycles. The van der Waals surface area contributed by atoms with Crippen LogP contribution in [-0.4, -0.2) is 58.1 Å². The molecule has 1 aromatic heterocycles. The summed E-state index contributed by atoms with van der Waals surface area (Å²) in [6.07, 6.45) is 4.58. The van der Waals surface area contributed by atoms with E-state index < -0.39 is 5.97 Å². The molecule has 1 aliphatic heterocycles. The summed E-state index contributed by atoms with van der Waals surface area (Å²) >= 11 is 0. The molecule has 0 aromatic carbocycles. The van der Waals surface area contributed by atoms with Crippen molar-refractivity contribution in [2.24, 2.45) is 12.8 Å². The predicted molar refractivity (Wildman–Crippen MR) is 78.1 cm³/mol. The zero-order chi connectivity index (χ0) is 15.2. The van der Waals surface area contributed by atoms with Crippen molar-refractivity contribution in [3.05, 3.63) is 17.5 Å². The van der Waals surface area contributed by atoms with Gasteiger partial charge in [0.25, 0.3) is 0 Å². The highest BCUT2D eigenvalue weighted by Crippen LogP contribution is 2.18. The number of ether oxygens (including phenoxy) is 1. The van der Waals surface area contributed by atoms with Crippen molar-refractivity contribution in [3.8, 4) is 0 Å². The maximum absolute atomic E-state index is 11.2. The van der Waals surface area contributed by atoms with Gasteiger partial charge in [0.05, 0.1) is 18.0 Å². The number of carbonyl (C=O) groups is 1. The monoisotopic (exact) mass is 296 g/mol. The predicted octanol–water partition coefficient (Wildman–Crippen LogP) is 0.448. The minimum Gasteiger partial charge on any atom is -0.478 e. The number of carboxylic acid groups (broad SMARTS) is 1. The summed E-state index contributed by atoms with van der Waals surface area (Å²) < 4.78 is 7.42. The third-order valence-electron chi connectivity index (χ3n) is 3.90. The second-order valence-electron chi connectivity index (χ2n) is 5.42. The van der Waals surface area contributed by atoms with E-state index in [1.165, 1.54) is 6.20 Å². The molecule has 0 aliphatic carbocycles. The first-order valence-electron chi connectivity index (χ1n) is 7.40. The zero-order valence-corrected chi connectivity index (χ0v) is 12.5. The van der Waals surface area contributed by atoms with E-state index in [2.05, 4.69) is 10.00 Å². The maximum atomic E-state index is 11.2. The fourth-order valence-corrected chi connectivity index (χ4v) is 2.61. The van der Waals surface area contributed by atoms with Crippen molar-refractivity contribution in [3.63, 3.8) is 0 Å². The van der Waals surface area contributed by atoms with Crippen molar-refractivity contribution >= 4 is 5.97 Å². The van der Waals surface area contributed by atoms with E-state index >= 15 is 0 Å². The molecule has 0 atom stereocenters. The molecule has 7 nitrogen and oxygen atoms in total. The molecule has 2 rings (SSSR count). The largest absolute Gasteiger partial charge is 0.478 e. The van der Waals surface area contributed by atoms with Crippen molar-refractivity contribution in [1.29, 1.82) is 0 Å². The van der Waals surface area contributed by atoms with Crippen LogP contribution in [0.1, 0.15) is 35.3 Å². The van der Waals surface area contributed by atoms with Crippen LogP contribution in [0.5, 0.6) is 0 Å². The molecule has 21 heavy (non-hydrogen) atoms. The molecule has 0 radical (unpaired) electrons. The lowest BCUT2D eigenvalue weighted by molar-refractivity contribution is 0.00511. The summed E-state index contributed by atoms with van der Waals surface area (Å²) in [6.45, 7) is 3.84. The lowest BCUT2D eigenvalue weighted by atomic mass is 10.1. The van der Waals surface area contributed by atoms with Crippen molar-refractivity contribution < 1.29 is 14.6 Å². The number of carboxylic acids is 1. The first-order valence-corrected chi connectivity index (χ1v) is 7.40. The SMILES string of the molecule is Cn1ncc(C(=O)O)c1CN1CCC(OCCCN)CC1. The first kappa shape index (κ1) is 15.9. The van der Waals surface area contributed by atoms with Gasteiger partial charge in [-0.2, -0.15) is 5.10 Å². The lowest BCUT2D eigenvalue weighted by Gasteiger charge is -2.31. The van der Waals surface area contributed by atoms with Gasteiger partial charge in [-0.25, -0.2) is 4.79 Å². The number of nitrogens with two attached hydrogens (primary N) is 1. The number of aromatic carboxylic acids is 1. The van der Waals surface area contributed by atoms with Crippen LogP contribution in [0.25, 0.3) is 0 Å². The number of hydrogen-bond donors (Lipinski definition) is 2. The molecule has 3 N–H and O–H groups in total. The second-order valence-corrected chi connectivity index (χ2v) is 5.42. The van der Waals surface area contributed by atoms with Gasteiger partial charge in [0.1, 0.15) is 5.56 Å². The van der Waals surface area contributed by atoms with Gasteiger partial charge in [-0.3, -0.25) is 9.58 Å². The molecule has 1 saturated heterocycles. The molecule has 1 fully saturated rings. The molecule has 118 valence electrons. The van der Waals surface area contributed by atoms with E-state index in [0.717, 1.165) is 44.7 Å². The molecule has 1 aromatic rings. The van der Waals surface area contributed by atoms with E-state index in [9.17, 15) is 4.79 Å². The number of aryl methyl sites for hydroxylation is 1. The fraction of sp³-hybridized carbons (Fsp3) is 0.714. The van der Waals surface area contributed by atoms with Crippen LogP contribution in [0.4, 0.5) is 0 Å². The van der Waals surface area contributed by atoms with Crippen molar-refractivity contribution in [2.45, 2.75) is 31.9 Å². The number of aromatic nitrogens is 2. The summed E-state index contributed by atoms with van der Waals surface area (Å²) in [5.41, 5.74) is 6.50. The average molecular weight is 296 g/mol. The van der Waals surface area contributed by atoms with Gasteiger partial charge in [-0.1, -0.05) is 0 Å². The van der Waals surface area contributed by atoms with E-state index in [4.69, 9.17) is 15.6 Å². The normalized spacial score (nSPS) is 17.2. The Kier molecular flexibility index (Phi) is 5.72. The standard InChI is InChI=1S/C14H24N4O3/c1-17-13(12(9-16-17)14(19)20)10-18-6-3-11(4-7-18)21-8-2-5-15/h9,11H,2-8,10,15H2,1H3,(H,19,20). The molecule has 0 spiro atoms. The van der Waals surface area contributed by atoms with E-state index in [-0.39, 0.29) is 0 Å². The maximum Gasteiger partial charge on any atom is 0.339 e. The van der Waals surface area contributed by atoms with Gasteiger partial charge in [-0.15, -0.1) is 0 Å². The molecule has 0 unspecified atom stereocenters. The Morgan fingerprint density at radius 1 is 1.52 bits per heavy atom. The number of rotatable bonds is 7. The third kappa shape index (κ3) is 4.26. The Bertz CT molecular complexity index is 467. The number of hydrogen-bond acceptors (Lipinski definition) is 5. The molecule has 7 heteroatoms. The van der Waals surface area contributed by atoms with Gasteiger partial charge in [0, 0.05) is 33.3 Å². The molecule has 0 bridgehead atoms. The van der Waals surface area contributed by atoms with Gasteiger partial charge < -0.3 is 15.6 Å². The highest BCUT2D eigenvalue weighted by Gasteiger charge is 2.23. The number of likely N-dealkylation sites (tertiary alicyclic amines) is 1. The van der Waals surface area contributed by atoms with Crippen LogP contribution in [0.2, 0.25) is 0 Å². The zero-order valence-electron chi connectivity index (χ0n) is 12.5. The Morgan fingerprint density at radius 2 is 2.24 bits per heavy atom. The summed E-state index contributed by atoms with van der Waals surface area (Å²) in [6, 6.07) is 0. The minimum absolute atomic E-state index is 0.291. The van der Waals surface area contributed by atoms with Crippen LogP contribution >= 0.6 is 0 Å². The van der Waals surface area contributed by atoms with Gasteiger partial charge >= 0.3 is 5.97 Å². The Hall–Kier alpha value is -1.44. The average Bonchev–Trinajstić information content (AvgIpc) is 2.83. The smallest absolute Gasteiger partial charge is 0.339 e. The van der Waals surface area contributed by atoms with E-state index in [0.29, 0.717) is 24.8 Å². The second kappa shape index (κ2) is 7.53. The van der Waals surface area contributed by atoms with Gasteiger partial charge in [0.2, 0.25) is 0 Å². The van der Waals surface area contributed by atoms with Crippen LogP contribution in [0.3, 0.4) is 0 Å². The topological polar surface area (TPSA) is 93.6 Å². The minimum atomic E-state index is -0.918. The Morgan fingerprint density at radius 3 is 2.86 bits per heavy atom. The molecule has 0 amide bonds. The van der Waals surface area contributed by atoms with E-state index in [1.807, 2.05) is 0 Å². The highest BCUT2D eigenvalue weighted by molar-refractivity contribution is 5.88. The summed E-state index contributed by atoms with van der Waals surface area (Å²) in [7, 11) is 1.78. The van der Waals surface area contributed by atoms with Gasteiger partial charge in [-0.05, 0) is 25.8 Å². The fourth-order valence-electron chi connectivity index (χ4n) is 2.61. The first-order chi connectivity index (χ1) is 10.1. The molecular weight excluding hydrogens is 272 g/mol. The Balaban J connectivity index is 1.84. The van der Waals surface area contributed by atoms with Crippen LogP contribution < -0.4 is 5.73 Å². The summed E-state index contributed by atoms with van der Waals surface area (Å²) in [4.78, 5) is 13.4. The van der Waals surface area contributed by atoms with Crippen molar-refractivity contribution in [2.75, 3.05) is 26.2 Å². The molecular formula is C14H24N4O3. The van der Waals surface area contributed by atoms with Crippen LogP contribution in [0, 0.1) is 0 Å². The van der Waals surface area contributed by atoms with Crippen LogP contribution in [0.15, 0.2) is 6.20 Å². The summed E-state index contributed by atoms with van der Waals surface area (Å²) in [5.74, 6) is -0.918. The third-order valence-corrected chi connectivity index (χ3v) is 3.90. The number of piperidine rings is 1. The Labute approximate surface area is 124 Å². The summed E-state index contributed by atoms with van der Waals surface area (Å²) in [5, 5.41) is 13.2. The van der Waals surface area contributed by atoms with Crippen LogP contribution in [-0.2, 0) is 18.3 Å². The van der Waals surface area contributed by atoms with Gasteiger partial charge in [0.15, 0.2) is 0 Å². The van der Waals surface area contributed by atoms with E-state index in [1.54, 1.807) is 11.7 Å². The number of nitrogens with zero attached hydrogens (tertiary/aromatic N) is 3. The van der Waals surface area contributed by atoms with Crippen molar-refractivity contribution in [1.82, 2.24) is 14.7 Å². The highest BCUT2D eigenvalue weighted by atomic mass is 16.5. The lowest BCUT2D eigenvalue weighted by Crippen LogP contribution is -2.37. The molecule has 1 aliphatic rings. The quantitative estimate of drug-likeness (QED) is 0.710.